The van der Waals surface area contributed by atoms with Crippen molar-refractivity contribution >= 4 is 17.6 Å². The summed E-state index contributed by atoms with van der Waals surface area (Å²) in [6.45, 7) is 11.0. The molecule has 2 aromatic rings. The van der Waals surface area contributed by atoms with Crippen LogP contribution in [0.15, 0.2) is 54.6 Å². The molecule has 1 aliphatic heterocycles. The zero-order valence-corrected chi connectivity index (χ0v) is 19.2. The lowest BCUT2D eigenvalue weighted by molar-refractivity contribution is -0.0812. The first-order valence-corrected chi connectivity index (χ1v) is 11.3. The third kappa shape index (κ3) is 5.31. The molecule has 1 N–H and O–H groups in total. The molecule has 0 bridgehead atoms. The van der Waals surface area contributed by atoms with E-state index in [2.05, 4.69) is 13.5 Å². The zero-order chi connectivity index (χ0) is 22.5. The zero-order valence-electron chi connectivity index (χ0n) is 18.4. The molecule has 0 aliphatic carbocycles. The largest absolute Gasteiger partial charge is 0.493 e. The number of carboxylic acid groups (broad SMARTS) is 1. The standard InChI is InChI=1S/C26H31ClO4/c1-5-6-13-30-24-12-11-18(26(28)29)14-22(24)25-20(16(2)3)15-21(17(4)31-25)19-9-7-8-10-23(19)27/h7-12,14,17,20-21,25H,2,5-6,13,15H2,1,3-4H3,(H,28,29)/t17-,20-,21+,25+/m1/s1. The topological polar surface area (TPSA) is 55.8 Å². The molecule has 4 atom stereocenters. The van der Waals surface area contributed by atoms with Gasteiger partial charge in [-0.25, -0.2) is 4.79 Å². The van der Waals surface area contributed by atoms with Gasteiger partial charge in [-0.15, -0.1) is 0 Å². The number of unbranched alkanes of at least 4 members (excludes halogenated alkanes) is 1. The van der Waals surface area contributed by atoms with Crippen LogP contribution < -0.4 is 4.74 Å². The second kappa shape index (κ2) is 10.3. The van der Waals surface area contributed by atoms with Crippen LogP contribution in [0.25, 0.3) is 0 Å². The average Bonchev–Trinajstić information content (AvgIpc) is 2.74. The van der Waals surface area contributed by atoms with Gasteiger partial charge in [0.25, 0.3) is 0 Å². The summed E-state index contributed by atoms with van der Waals surface area (Å²) in [6, 6.07) is 12.9. The molecular formula is C26H31ClO4. The normalized spacial score (nSPS) is 23.4. The van der Waals surface area contributed by atoms with Crippen molar-refractivity contribution < 1.29 is 19.4 Å². The molecule has 166 valence electrons. The highest BCUT2D eigenvalue weighted by atomic mass is 35.5. The van der Waals surface area contributed by atoms with E-state index >= 15 is 0 Å². The number of ether oxygens (including phenoxy) is 2. The van der Waals surface area contributed by atoms with Crippen LogP contribution in [0.2, 0.25) is 5.02 Å². The van der Waals surface area contributed by atoms with Crippen LogP contribution in [0.3, 0.4) is 0 Å². The molecular weight excluding hydrogens is 412 g/mol. The van der Waals surface area contributed by atoms with Gasteiger partial charge in [-0.2, -0.15) is 0 Å². The number of benzene rings is 2. The minimum atomic E-state index is -0.967. The van der Waals surface area contributed by atoms with E-state index in [0.29, 0.717) is 12.4 Å². The van der Waals surface area contributed by atoms with Gasteiger partial charge in [0.15, 0.2) is 0 Å². The number of rotatable bonds is 8. The van der Waals surface area contributed by atoms with Gasteiger partial charge in [-0.3, -0.25) is 0 Å². The number of halogens is 1. The van der Waals surface area contributed by atoms with Crippen LogP contribution in [0.5, 0.6) is 5.75 Å². The Labute approximate surface area is 189 Å². The first-order chi connectivity index (χ1) is 14.8. The van der Waals surface area contributed by atoms with Gasteiger partial charge in [0.05, 0.1) is 24.4 Å². The lowest BCUT2D eigenvalue weighted by Gasteiger charge is -2.42. The van der Waals surface area contributed by atoms with E-state index in [1.807, 2.05) is 38.1 Å². The Balaban J connectivity index is 1.99. The van der Waals surface area contributed by atoms with Crippen molar-refractivity contribution in [2.24, 2.45) is 5.92 Å². The summed E-state index contributed by atoms with van der Waals surface area (Å²) in [5, 5.41) is 10.3. The van der Waals surface area contributed by atoms with Gasteiger partial charge in [-0.05, 0) is 56.5 Å². The van der Waals surface area contributed by atoms with Crippen molar-refractivity contribution in [2.75, 3.05) is 6.61 Å². The maximum Gasteiger partial charge on any atom is 0.335 e. The number of carbonyl (C=O) groups is 1. The molecule has 5 heteroatoms. The molecule has 3 rings (SSSR count). The minimum Gasteiger partial charge on any atom is -0.493 e. The Hall–Kier alpha value is -2.30. The highest BCUT2D eigenvalue weighted by Crippen LogP contribution is 2.49. The average molecular weight is 443 g/mol. The van der Waals surface area contributed by atoms with E-state index in [9.17, 15) is 9.90 Å². The van der Waals surface area contributed by atoms with E-state index in [0.717, 1.165) is 41.0 Å². The molecule has 0 amide bonds. The van der Waals surface area contributed by atoms with Gasteiger partial charge in [-0.1, -0.05) is 55.3 Å². The third-order valence-corrected chi connectivity index (χ3v) is 6.40. The molecule has 0 spiro atoms. The Morgan fingerprint density at radius 1 is 1.26 bits per heavy atom. The van der Waals surface area contributed by atoms with Crippen LogP contribution in [-0.4, -0.2) is 23.8 Å². The van der Waals surface area contributed by atoms with E-state index in [1.165, 1.54) is 0 Å². The van der Waals surface area contributed by atoms with E-state index in [1.54, 1.807) is 18.2 Å². The summed E-state index contributed by atoms with van der Waals surface area (Å²) in [4.78, 5) is 11.6. The number of hydrogen-bond donors (Lipinski definition) is 1. The summed E-state index contributed by atoms with van der Waals surface area (Å²) in [7, 11) is 0. The summed E-state index contributed by atoms with van der Waals surface area (Å²) in [5.74, 6) is -0.155. The molecule has 0 radical (unpaired) electrons. The lowest BCUT2D eigenvalue weighted by atomic mass is 9.75. The van der Waals surface area contributed by atoms with Crippen LogP contribution in [-0.2, 0) is 4.74 Å². The molecule has 1 aliphatic rings. The SMILES string of the molecule is C=C(C)[C@H]1C[C@H](c2ccccc2Cl)[C@@H](C)O[C@@H]1c1cc(C(=O)O)ccc1OCCCC. The Morgan fingerprint density at radius 3 is 2.65 bits per heavy atom. The molecule has 1 heterocycles. The first kappa shape index (κ1) is 23.4. The number of carboxylic acids is 1. The molecule has 31 heavy (non-hydrogen) atoms. The lowest BCUT2D eigenvalue weighted by Crippen LogP contribution is -2.34. The smallest absolute Gasteiger partial charge is 0.335 e. The van der Waals surface area contributed by atoms with Crippen molar-refractivity contribution in [1.82, 2.24) is 0 Å². The fourth-order valence-electron chi connectivity index (χ4n) is 4.28. The van der Waals surface area contributed by atoms with E-state index in [4.69, 9.17) is 21.1 Å². The van der Waals surface area contributed by atoms with Gasteiger partial charge >= 0.3 is 5.97 Å². The highest BCUT2D eigenvalue weighted by molar-refractivity contribution is 6.31. The molecule has 0 saturated carbocycles. The minimum absolute atomic E-state index is 0.00930. The van der Waals surface area contributed by atoms with Gasteiger partial charge in [0.1, 0.15) is 5.75 Å². The van der Waals surface area contributed by atoms with Crippen LogP contribution in [0.1, 0.15) is 73.5 Å². The number of hydrogen-bond acceptors (Lipinski definition) is 3. The fourth-order valence-corrected chi connectivity index (χ4v) is 4.55. The second-order valence-corrected chi connectivity index (χ2v) is 8.75. The van der Waals surface area contributed by atoms with Gasteiger partial charge < -0.3 is 14.6 Å². The summed E-state index contributed by atoms with van der Waals surface area (Å²) in [5.41, 5.74) is 3.06. The third-order valence-electron chi connectivity index (χ3n) is 6.06. The van der Waals surface area contributed by atoms with E-state index < -0.39 is 5.97 Å². The van der Waals surface area contributed by atoms with Crippen molar-refractivity contribution in [3.63, 3.8) is 0 Å². The van der Waals surface area contributed by atoms with Crippen molar-refractivity contribution in [2.45, 2.75) is 58.2 Å². The van der Waals surface area contributed by atoms with Crippen LogP contribution >= 0.6 is 11.6 Å². The first-order valence-electron chi connectivity index (χ1n) is 10.9. The Morgan fingerprint density at radius 2 is 2.00 bits per heavy atom. The highest BCUT2D eigenvalue weighted by Gasteiger charge is 2.39. The van der Waals surface area contributed by atoms with Crippen LogP contribution in [0.4, 0.5) is 0 Å². The Bertz CT molecular complexity index is 939. The molecule has 2 aromatic carbocycles. The quantitative estimate of drug-likeness (QED) is 0.351. The maximum absolute atomic E-state index is 11.6. The van der Waals surface area contributed by atoms with Crippen molar-refractivity contribution in [3.05, 3.63) is 76.3 Å². The molecule has 4 nitrogen and oxygen atoms in total. The number of aromatic carboxylic acids is 1. The Kier molecular flexibility index (Phi) is 7.79. The molecule has 0 unspecified atom stereocenters. The predicted molar refractivity (Wildman–Crippen MR) is 124 cm³/mol. The summed E-state index contributed by atoms with van der Waals surface area (Å²) >= 11 is 6.49. The summed E-state index contributed by atoms with van der Waals surface area (Å²) < 4.78 is 12.6. The summed E-state index contributed by atoms with van der Waals surface area (Å²) in [6.07, 6.45) is 2.34. The van der Waals surface area contributed by atoms with Gasteiger partial charge in [0, 0.05) is 22.4 Å². The molecule has 1 saturated heterocycles. The molecule has 1 fully saturated rings. The van der Waals surface area contributed by atoms with Crippen molar-refractivity contribution in [3.8, 4) is 5.75 Å². The van der Waals surface area contributed by atoms with Crippen molar-refractivity contribution in [1.29, 1.82) is 0 Å². The maximum atomic E-state index is 11.6. The monoisotopic (exact) mass is 442 g/mol. The fraction of sp³-hybridized carbons (Fsp3) is 0.423. The van der Waals surface area contributed by atoms with E-state index in [-0.39, 0.29) is 29.6 Å². The molecule has 0 aromatic heterocycles. The predicted octanol–water partition coefficient (Wildman–Crippen LogP) is 7.04. The second-order valence-electron chi connectivity index (χ2n) is 8.34. The van der Waals surface area contributed by atoms with Gasteiger partial charge in [0.2, 0.25) is 0 Å². The van der Waals surface area contributed by atoms with Crippen LogP contribution in [0, 0.1) is 5.92 Å².